The van der Waals surface area contributed by atoms with E-state index < -0.39 is 10.0 Å². The molecule has 0 aliphatic heterocycles. The first-order chi connectivity index (χ1) is 12.3. The lowest BCUT2D eigenvalue weighted by atomic mass is 9.95. The van der Waals surface area contributed by atoms with E-state index >= 15 is 0 Å². The first kappa shape index (κ1) is 20.6. The Labute approximate surface area is 156 Å². The number of nitrogens with zero attached hydrogens (tertiary/aromatic N) is 1. The van der Waals surface area contributed by atoms with Crippen LogP contribution in [-0.2, 0) is 10.0 Å². The lowest BCUT2D eigenvalue weighted by Crippen LogP contribution is -2.35. The highest BCUT2D eigenvalue weighted by Gasteiger charge is 2.21. The van der Waals surface area contributed by atoms with Crippen molar-refractivity contribution in [2.75, 3.05) is 27.2 Å². The summed E-state index contributed by atoms with van der Waals surface area (Å²) in [5, 5.41) is 2.80. The minimum atomic E-state index is -3.68. The number of rotatable bonds is 8. The average Bonchev–Trinajstić information content (AvgIpc) is 2.62. The van der Waals surface area contributed by atoms with Crippen molar-refractivity contribution >= 4 is 15.9 Å². The van der Waals surface area contributed by atoms with Crippen LogP contribution >= 0.6 is 0 Å². The molecule has 26 heavy (non-hydrogen) atoms. The molecule has 2 N–H and O–H groups in total. The number of hydrogen-bond donors (Lipinski definition) is 2. The monoisotopic (exact) mass is 379 g/mol. The van der Waals surface area contributed by atoms with E-state index in [1.807, 2.05) is 25.9 Å². The SMILES string of the molecule is C[C@H](NS(=O)(=O)c1cccc(C(=O)NCCN(C)C)c1)C1=CCCCC1. The molecule has 6 nitrogen and oxygen atoms in total. The molecule has 1 atom stereocenters. The number of sulfonamides is 1. The van der Waals surface area contributed by atoms with Gasteiger partial charge in [0, 0.05) is 24.7 Å². The number of allylic oxidation sites excluding steroid dienone is 1. The van der Waals surface area contributed by atoms with Gasteiger partial charge < -0.3 is 10.2 Å². The summed E-state index contributed by atoms with van der Waals surface area (Å²) in [7, 11) is 0.171. The maximum atomic E-state index is 12.7. The minimum absolute atomic E-state index is 0.112. The highest BCUT2D eigenvalue weighted by molar-refractivity contribution is 7.89. The Hall–Kier alpha value is -1.70. The van der Waals surface area contributed by atoms with Crippen molar-refractivity contribution in [2.24, 2.45) is 0 Å². The molecule has 144 valence electrons. The Morgan fingerprint density at radius 2 is 2.04 bits per heavy atom. The van der Waals surface area contributed by atoms with Gasteiger partial charge in [-0.3, -0.25) is 4.79 Å². The number of benzene rings is 1. The van der Waals surface area contributed by atoms with Crippen molar-refractivity contribution in [3.05, 3.63) is 41.5 Å². The lowest BCUT2D eigenvalue weighted by molar-refractivity contribution is 0.0951. The van der Waals surface area contributed by atoms with Gasteiger partial charge in [0.1, 0.15) is 0 Å². The van der Waals surface area contributed by atoms with Crippen LogP contribution in [-0.4, -0.2) is 52.5 Å². The molecule has 0 saturated heterocycles. The maximum Gasteiger partial charge on any atom is 0.251 e. The van der Waals surface area contributed by atoms with Crippen LogP contribution in [0.5, 0.6) is 0 Å². The summed E-state index contributed by atoms with van der Waals surface area (Å²) in [5.74, 6) is -0.271. The first-order valence-electron chi connectivity index (χ1n) is 9.04. The topological polar surface area (TPSA) is 78.5 Å². The van der Waals surface area contributed by atoms with Crippen LogP contribution in [0.3, 0.4) is 0 Å². The van der Waals surface area contributed by atoms with E-state index in [1.54, 1.807) is 12.1 Å². The van der Waals surface area contributed by atoms with E-state index in [4.69, 9.17) is 0 Å². The third kappa shape index (κ3) is 5.93. The quantitative estimate of drug-likeness (QED) is 0.679. The third-order valence-corrected chi connectivity index (χ3v) is 6.00. The third-order valence-electron chi connectivity index (χ3n) is 4.47. The molecular weight excluding hydrogens is 350 g/mol. The smallest absolute Gasteiger partial charge is 0.251 e. The fraction of sp³-hybridized carbons (Fsp3) is 0.526. The van der Waals surface area contributed by atoms with Crippen LogP contribution in [0.2, 0.25) is 0 Å². The van der Waals surface area contributed by atoms with Crippen molar-refractivity contribution in [1.29, 1.82) is 0 Å². The summed E-state index contributed by atoms with van der Waals surface area (Å²) in [6.45, 7) is 3.09. The molecule has 7 heteroatoms. The van der Waals surface area contributed by atoms with Gasteiger partial charge in [-0.25, -0.2) is 13.1 Å². The molecule has 0 saturated carbocycles. The molecule has 0 bridgehead atoms. The van der Waals surface area contributed by atoms with Crippen LogP contribution in [0.25, 0.3) is 0 Å². The molecular formula is C19H29N3O3S. The van der Waals surface area contributed by atoms with Gasteiger partial charge in [0.25, 0.3) is 5.91 Å². The second kappa shape index (κ2) is 9.30. The van der Waals surface area contributed by atoms with Crippen molar-refractivity contribution in [3.8, 4) is 0 Å². The standard InChI is InChI=1S/C19H29N3O3S/c1-15(16-8-5-4-6-9-16)21-26(24,25)18-11-7-10-17(14-18)19(23)20-12-13-22(2)3/h7-8,10-11,14-15,21H,4-6,9,12-13H2,1-3H3,(H,20,23)/t15-/m0/s1. The van der Waals surface area contributed by atoms with Crippen LogP contribution in [0.1, 0.15) is 43.0 Å². The van der Waals surface area contributed by atoms with Crippen molar-refractivity contribution in [2.45, 2.75) is 43.5 Å². The number of carbonyl (C=O) groups excluding carboxylic acids is 1. The largest absolute Gasteiger partial charge is 0.351 e. The van der Waals surface area contributed by atoms with Crippen LogP contribution in [0.4, 0.5) is 0 Å². The fourth-order valence-corrected chi connectivity index (χ4v) is 4.23. The van der Waals surface area contributed by atoms with E-state index in [-0.39, 0.29) is 16.8 Å². The molecule has 0 radical (unpaired) electrons. The van der Waals surface area contributed by atoms with Crippen molar-refractivity contribution < 1.29 is 13.2 Å². The number of hydrogen-bond acceptors (Lipinski definition) is 4. The zero-order valence-electron chi connectivity index (χ0n) is 15.8. The molecule has 1 aromatic carbocycles. The van der Waals surface area contributed by atoms with Crippen LogP contribution in [0.15, 0.2) is 40.8 Å². The van der Waals surface area contributed by atoms with Gasteiger partial charge in [0.2, 0.25) is 10.0 Å². The maximum absolute atomic E-state index is 12.7. The Kier molecular flexibility index (Phi) is 7.37. The molecule has 1 aliphatic carbocycles. The highest BCUT2D eigenvalue weighted by atomic mass is 32.2. The number of likely N-dealkylation sites (N-methyl/N-ethyl adjacent to an activating group) is 1. The summed E-state index contributed by atoms with van der Waals surface area (Å²) in [6.07, 6.45) is 6.32. The van der Waals surface area contributed by atoms with Gasteiger partial charge in [-0.1, -0.05) is 17.7 Å². The van der Waals surface area contributed by atoms with Crippen LogP contribution in [0, 0.1) is 0 Å². The molecule has 1 amide bonds. The number of amides is 1. The van der Waals surface area contributed by atoms with Crippen molar-refractivity contribution in [1.82, 2.24) is 14.9 Å². The van der Waals surface area contributed by atoms with Gasteiger partial charge in [-0.2, -0.15) is 0 Å². The lowest BCUT2D eigenvalue weighted by Gasteiger charge is -2.21. The zero-order valence-corrected chi connectivity index (χ0v) is 16.6. The molecule has 0 heterocycles. The predicted molar refractivity (Wildman–Crippen MR) is 104 cm³/mol. The second-order valence-corrected chi connectivity index (χ2v) is 8.67. The zero-order chi connectivity index (χ0) is 19.2. The Bertz CT molecular complexity index is 757. The summed E-state index contributed by atoms with van der Waals surface area (Å²) >= 11 is 0. The van der Waals surface area contributed by atoms with Gasteiger partial charge in [0.15, 0.2) is 0 Å². The summed E-state index contributed by atoms with van der Waals surface area (Å²) in [6, 6.07) is 5.92. The van der Waals surface area contributed by atoms with Crippen LogP contribution < -0.4 is 10.0 Å². The van der Waals surface area contributed by atoms with E-state index in [0.717, 1.165) is 37.8 Å². The van der Waals surface area contributed by atoms with Gasteiger partial charge in [-0.05, 0) is 64.9 Å². The molecule has 2 rings (SSSR count). The second-order valence-electron chi connectivity index (χ2n) is 6.95. The minimum Gasteiger partial charge on any atom is -0.351 e. The molecule has 0 spiro atoms. The van der Waals surface area contributed by atoms with Gasteiger partial charge in [-0.15, -0.1) is 0 Å². The normalized spacial score (nSPS) is 16.2. The Balaban J connectivity index is 2.07. The molecule has 0 fully saturated rings. The first-order valence-corrected chi connectivity index (χ1v) is 10.5. The fourth-order valence-electron chi connectivity index (χ4n) is 2.93. The molecule has 1 aliphatic rings. The predicted octanol–water partition coefficient (Wildman–Crippen LogP) is 2.15. The molecule has 1 aromatic rings. The van der Waals surface area contributed by atoms with E-state index in [9.17, 15) is 13.2 Å². The van der Waals surface area contributed by atoms with E-state index in [2.05, 4.69) is 16.1 Å². The number of carbonyl (C=O) groups is 1. The highest BCUT2D eigenvalue weighted by Crippen LogP contribution is 2.21. The summed E-state index contributed by atoms with van der Waals surface area (Å²) < 4.78 is 28.1. The van der Waals surface area contributed by atoms with Crippen molar-refractivity contribution in [3.63, 3.8) is 0 Å². The molecule has 0 unspecified atom stereocenters. The number of nitrogens with one attached hydrogen (secondary N) is 2. The molecule has 0 aromatic heterocycles. The van der Waals surface area contributed by atoms with E-state index in [1.165, 1.54) is 12.1 Å². The average molecular weight is 380 g/mol. The Morgan fingerprint density at radius 1 is 1.27 bits per heavy atom. The summed E-state index contributed by atoms with van der Waals surface area (Å²) in [4.78, 5) is 14.3. The van der Waals surface area contributed by atoms with Gasteiger partial charge in [0.05, 0.1) is 4.90 Å². The Morgan fingerprint density at radius 3 is 2.69 bits per heavy atom. The van der Waals surface area contributed by atoms with Gasteiger partial charge >= 0.3 is 0 Å². The van der Waals surface area contributed by atoms with E-state index in [0.29, 0.717) is 12.1 Å². The summed E-state index contributed by atoms with van der Waals surface area (Å²) in [5.41, 5.74) is 1.48.